The number of ether oxygens (including phenoxy) is 2. The molecule has 5 unspecified atom stereocenters. The number of carbonyl (C=O) groups is 3. The molecule has 0 aliphatic carbocycles. The largest absolute Gasteiger partial charge is 0.465 e. The van der Waals surface area contributed by atoms with E-state index in [2.05, 4.69) is 11.1 Å². The van der Waals surface area contributed by atoms with Crippen molar-refractivity contribution in [2.75, 3.05) is 19.7 Å². The third-order valence-electron chi connectivity index (χ3n) is 8.90. The summed E-state index contributed by atoms with van der Waals surface area (Å²) in [5.74, 6) is -0.0861. The summed E-state index contributed by atoms with van der Waals surface area (Å²) < 4.78 is 46.5. The van der Waals surface area contributed by atoms with Crippen LogP contribution in [0.25, 0.3) is 0 Å². The quantitative estimate of drug-likeness (QED) is 0.0791. The van der Waals surface area contributed by atoms with Gasteiger partial charge in [0.1, 0.15) is 23.7 Å². The van der Waals surface area contributed by atoms with Crippen molar-refractivity contribution >= 4 is 27.9 Å². The molecule has 13 heteroatoms. The summed E-state index contributed by atoms with van der Waals surface area (Å²) in [6, 6.07) is 16.1. The molecule has 3 rings (SSSR count). The maximum atomic E-state index is 13.0. The van der Waals surface area contributed by atoms with E-state index >= 15 is 0 Å². The molecule has 5 atom stereocenters. The van der Waals surface area contributed by atoms with E-state index in [1.54, 1.807) is 31.2 Å². The number of amides is 1. The van der Waals surface area contributed by atoms with E-state index in [1.165, 1.54) is 0 Å². The topological polar surface area (TPSA) is 177 Å². The van der Waals surface area contributed by atoms with Crippen LogP contribution in [0, 0.1) is 5.92 Å². The Bertz CT molecular complexity index is 1440. The normalized spacial score (nSPS) is 20.7. The highest BCUT2D eigenvalue weighted by atomic mass is 32.3. The van der Waals surface area contributed by atoms with Crippen molar-refractivity contribution in [2.24, 2.45) is 5.92 Å². The standard InChI is InChI=1S/C37H53NO11S/c1-3-4-9-17-34(41)38(23-13-7-5-6-12-16-32(40)29-14-10-8-11-15-29)24-22-30(39)25-28-18-20-31(21-19-28)48-37-27(2)35(42)36(43)33(49-37)26-47-50(44,45)46/h8,10-11,14-15,18-21,27,33,35-37,42-43H,3-7,9,12-13,16-17,22-26H2,1-2H3,(H,44,45,46). The molecule has 0 bridgehead atoms. The first-order chi connectivity index (χ1) is 23.9. The Morgan fingerprint density at radius 2 is 1.48 bits per heavy atom. The number of aliphatic hydroxyl groups excluding tert-OH is 2. The van der Waals surface area contributed by atoms with Gasteiger partial charge in [-0.3, -0.25) is 18.9 Å². The number of aliphatic hydroxyl groups is 2. The Morgan fingerprint density at radius 1 is 0.820 bits per heavy atom. The summed E-state index contributed by atoms with van der Waals surface area (Å²) in [6.07, 6.45) is 3.72. The van der Waals surface area contributed by atoms with Crippen LogP contribution in [0.15, 0.2) is 54.6 Å². The molecule has 278 valence electrons. The van der Waals surface area contributed by atoms with Gasteiger partial charge in [-0.2, -0.15) is 8.42 Å². The van der Waals surface area contributed by atoms with Gasteiger partial charge in [-0.1, -0.05) is 88.4 Å². The van der Waals surface area contributed by atoms with E-state index in [9.17, 15) is 33.0 Å². The second kappa shape index (κ2) is 21.2. The number of hydrogen-bond donors (Lipinski definition) is 3. The molecule has 1 fully saturated rings. The zero-order valence-electron chi connectivity index (χ0n) is 29.2. The van der Waals surface area contributed by atoms with Gasteiger partial charge in [-0.05, 0) is 37.0 Å². The van der Waals surface area contributed by atoms with Gasteiger partial charge in [0, 0.05) is 50.3 Å². The lowest BCUT2D eigenvalue weighted by atomic mass is 9.92. The molecular formula is C37H53NO11S. The van der Waals surface area contributed by atoms with E-state index in [0.29, 0.717) is 31.7 Å². The highest BCUT2D eigenvalue weighted by Crippen LogP contribution is 2.29. The van der Waals surface area contributed by atoms with Gasteiger partial charge in [-0.15, -0.1) is 0 Å². The molecule has 0 radical (unpaired) electrons. The Morgan fingerprint density at radius 3 is 2.16 bits per heavy atom. The molecule has 50 heavy (non-hydrogen) atoms. The fourth-order valence-electron chi connectivity index (χ4n) is 5.82. The lowest BCUT2D eigenvalue weighted by molar-refractivity contribution is -0.255. The molecule has 0 spiro atoms. The zero-order chi connectivity index (χ0) is 36.5. The van der Waals surface area contributed by atoms with E-state index in [0.717, 1.165) is 62.5 Å². The summed E-state index contributed by atoms with van der Waals surface area (Å²) in [5, 5.41) is 20.7. The highest BCUT2D eigenvalue weighted by Gasteiger charge is 2.44. The zero-order valence-corrected chi connectivity index (χ0v) is 30.0. The van der Waals surface area contributed by atoms with Crippen molar-refractivity contribution in [3.8, 4) is 5.75 Å². The number of Topliss-reactive ketones (excluding diaryl/α,β-unsaturated/α-hetero) is 2. The first-order valence-corrected chi connectivity index (χ1v) is 19.0. The molecular weight excluding hydrogens is 666 g/mol. The van der Waals surface area contributed by atoms with Crippen LogP contribution in [-0.2, 0) is 35.3 Å². The molecule has 1 saturated heterocycles. The molecule has 2 aromatic rings. The van der Waals surface area contributed by atoms with E-state index in [-0.39, 0.29) is 30.3 Å². The van der Waals surface area contributed by atoms with Crippen LogP contribution in [0.3, 0.4) is 0 Å². The van der Waals surface area contributed by atoms with E-state index in [4.69, 9.17) is 14.0 Å². The average Bonchev–Trinajstić information content (AvgIpc) is 3.09. The van der Waals surface area contributed by atoms with E-state index in [1.807, 2.05) is 35.2 Å². The number of rotatable bonds is 23. The van der Waals surface area contributed by atoms with Crippen molar-refractivity contribution in [3.63, 3.8) is 0 Å². The Balaban J connectivity index is 1.44. The van der Waals surface area contributed by atoms with Crippen LogP contribution in [0.5, 0.6) is 5.75 Å². The molecule has 0 aromatic heterocycles. The van der Waals surface area contributed by atoms with Gasteiger partial charge in [-0.25, -0.2) is 4.18 Å². The second-order valence-electron chi connectivity index (χ2n) is 13.0. The smallest absolute Gasteiger partial charge is 0.397 e. The predicted molar refractivity (Wildman–Crippen MR) is 187 cm³/mol. The second-order valence-corrected chi connectivity index (χ2v) is 14.1. The molecule has 1 aliphatic rings. The molecule has 12 nitrogen and oxygen atoms in total. The summed E-state index contributed by atoms with van der Waals surface area (Å²) in [7, 11) is -4.77. The first-order valence-electron chi connectivity index (χ1n) is 17.6. The van der Waals surface area contributed by atoms with Crippen LogP contribution in [0.1, 0.15) is 100 Å². The summed E-state index contributed by atoms with van der Waals surface area (Å²) in [4.78, 5) is 40.1. The first kappa shape index (κ1) is 41.2. The lowest BCUT2D eigenvalue weighted by Gasteiger charge is -2.40. The maximum absolute atomic E-state index is 13.0. The average molecular weight is 720 g/mol. The minimum atomic E-state index is -4.77. The number of hydrogen-bond acceptors (Lipinski definition) is 10. The fourth-order valence-corrected chi connectivity index (χ4v) is 6.13. The fraction of sp³-hybridized carbons (Fsp3) is 0.595. The minimum absolute atomic E-state index is 0.00358. The van der Waals surface area contributed by atoms with Crippen molar-refractivity contribution in [1.82, 2.24) is 4.90 Å². The van der Waals surface area contributed by atoms with Crippen LogP contribution in [0.4, 0.5) is 0 Å². The number of ketones is 2. The summed E-state index contributed by atoms with van der Waals surface area (Å²) >= 11 is 0. The monoisotopic (exact) mass is 719 g/mol. The Labute approximate surface area is 296 Å². The highest BCUT2D eigenvalue weighted by molar-refractivity contribution is 7.80. The lowest BCUT2D eigenvalue weighted by Crippen LogP contribution is -2.56. The van der Waals surface area contributed by atoms with Crippen LogP contribution in [0.2, 0.25) is 0 Å². The van der Waals surface area contributed by atoms with Crippen LogP contribution < -0.4 is 4.74 Å². The molecule has 1 aliphatic heterocycles. The van der Waals surface area contributed by atoms with Gasteiger partial charge in [0.15, 0.2) is 5.78 Å². The molecule has 1 heterocycles. The van der Waals surface area contributed by atoms with Crippen molar-refractivity contribution in [1.29, 1.82) is 0 Å². The SMILES string of the molecule is CCCCCC(=O)N(CCCCCCCC(=O)c1ccccc1)CCC(=O)Cc1ccc(OC2OC(COS(=O)(=O)O)C(O)C(O)C2C)cc1. The van der Waals surface area contributed by atoms with Crippen molar-refractivity contribution in [3.05, 3.63) is 65.7 Å². The Hall–Kier alpha value is -3.20. The van der Waals surface area contributed by atoms with Gasteiger partial charge in [0.05, 0.1) is 12.7 Å². The van der Waals surface area contributed by atoms with Gasteiger partial charge in [0.2, 0.25) is 12.2 Å². The van der Waals surface area contributed by atoms with Crippen LogP contribution >= 0.6 is 0 Å². The molecule has 1 amide bonds. The number of nitrogens with zero attached hydrogens (tertiary/aromatic N) is 1. The molecule has 2 aromatic carbocycles. The molecule has 3 N–H and O–H groups in total. The van der Waals surface area contributed by atoms with Gasteiger partial charge >= 0.3 is 10.4 Å². The van der Waals surface area contributed by atoms with Crippen LogP contribution in [-0.4, -0.2) is 89.9 Å². The maximum Gasteiger partial charge on any atom is 0.397 e. The third kappa shape index (κ3) is 14.6. The Kier molecular flexibility index (Phi) is 17.5. The van der Waals surface area contributed by atoms with Crippen molar-refractivity contribution < 1.29 is 51.2 Å². The number of unbranched alkanes of at least 4 members (excludes halogenated alkanes) is 6. The van der Waals surface area contributed by atoms with Gasteiger partial charge < -0.3 is 24.6 Å². The number of benzene rings is 2. The molecule has 0 saturated carbocycles. The summed E-state index contributed by atoms with van der Waals surface area (Å²) in [5.41, 5.74) is 1.50. The van der Waals surface area contributed by atoms with Gasteiger partial charge in [0.25, 0.3) is 0 Å². The number of carbonyl (C=O) groups excluding carboxylic acids is 3. The predicted octanol–water partition coefficient (Wildman–Crippen LogP) is 5.10. The van der Waals surface area contributed by atoms with E-state index < -0.39 is 47.5 Å². The third-order valence-corrected chi connectivity index (χ3v) is 9.33. The summed E-state index contributed by atoms with van der Waals surface area (Å²) in [6.45, 7) is 3.94. The van der Waals surface area contributed by atoms with Crippen molar-refractivity contribution in [2.45, 2.75) is 115 Å². The minimum Gasteiger partial charge on any atom is -0.465 e.